The Hall–Kier alpha value is -1.55. The van der Waals surface area contributed by atoms with Gasteiger partial charge < -0.3 is 15.8 Å². The number of rotatable bonds is 2. The topological polar surface area (TPSA) is 64.3 Å². The van der Waals surface area contributed by atoms with Gasteiger partial charge in [0.2, 0.25) is 0 Å². The predicted molar refractivity (Wildman–Crippen MR) is 62.0 cm³/mol. The van der Waals surface area contributed by atoms with Crippen molar-refractivity contribution in [3.05, 3.63) is 29.8 Å². The summed E-state index contributed by atoms with van der Waals surface area (Å²) in [5.74, 6) is -0.0971. The van der Waals surface area contributed by atoms with Gasteiger partial charge in [-0.05, 0) is 17.7 Å². The fourth-order valence-electron chi connectivity index (χ4n) is 2.22. The molecule has 2 atom stereocenters. The van der Waals surface area contributed by atoms with Crippen molar-refractivity contribution in [1.82, 2.24) is 5.32 Å². The first-order chi connectivity index (χ1) is 7.72. The molecule has 1 aromatic carbocycles. The molecule has 1 aliphatic heterocycles. The van der Waals surface area contributed by atoms with E-state index in [1.54, 1.807) is 0 Å². The van der Waals surface area contributed by atoms with Gasteiger partial charge in [-0.1, -0.05) is 12.1 Å². The maximum atomic E-state index is 11.6. The van der Waals surface area contributed by atoms with Crippen LogP contribution in [0.4, 0.5) is 5.69 Å². The first kappa shape index (κ1) is 11.0. The SMILES string of the molecule is COC(=O)C1CNCC1c1cccc(N)c1. The van der Waals surface area contributed by atoms with Crippen molar-refractivity contribution in [2.24, 2.45) is 5.92 Å². The minimum Gasteiger partial charge on any atom is -0.469 e. The van der Waals surface area contributed by atoms with E-state index in [9.17, 15) is 4.79 Å². The van der Waals surface area contributed by atoms with Crippen LogP contribution in [0.15, 0.2) is 24.3 Å². The lowest BCUT2D eigenvalue weighted by Crippen LogP contribution is -2.22. The summed E-state index contributed by atoms with van der Waals surface area (Å²) in [4.78, 5) is 11.6. The van der Waals surface area contributed by atoms with E-state index < -0.39 is 0 Å². The summed E-state index contributed by atoms with van der Waals surface area (Å²) < 4.78 is 4.81. The van der Waals surface area contributed by atoms with Crippen molar-refractivity contribution in [2.45, 2.75) is 5.92 Å². The number of esters is 1. The van der Waals surface area contributed by atoms with Crippen molar-refractivity contribution in [3.8, 4) is 0 Å². The van der Waals surface area contributed by atoms with Crippen molar-refractivity contribution in [1.29, 1.82) is 0 Å². The van der Waals surface area contributed by atoms with Crippen LogP contribution in [0, 0.1) is 5.92 Å². The molecule has 2 rings (SSSR count). The van der Waals surface area contributed by atoms with Crippen LogP contribution in [0.25, 0.3) is 0 Å². The monoisotopic (exact) mass is 220 g/mol. The fourth-order valence-corrected chi connectivity index (χ4v) is 2.22. The summed E-state index contributed by atoms with van der Waals surface area (Å²) in [5.41, 5.74) is 7.57. The molecule has 0 radical (unpaired) electrons. The molecule has 4 nitrogen and oxygen atoms in total. The first-order valence-corrected chi connectivity index (χ1v) is 5.36. The van der Waals surface area contributed by atoms with Gasteiger partial charge in [-0.25, -0.2) is 0 Å². The molecule has 1 saturated heterocycles. The van der Waals surface area contributed by atoms with Gasteiger partial charge in [0.25, 0.3) is 0 Å². The highest BCUT2D eigenvalue weighted by atomic mass is 16.5. The Labute approximate surface area is 94.8 Å². The van der Waals surface area contributed by atoms with Gasteiger partial charge in [-0.15, -0.1) is 0 Å². The maximum Gasteiger partial charge on any atom is 0.310 e. The van der Waals surface area contributed by atoms with Crippen molar-refractivity contribution >= 4 is 11.7 Å². The van der Waals surface area contributed by atoms with Crippen LogP contribution in [0.3, 0.4) is 0 Å². The Bertz CT molecular complexity index is 392. The lowest BCUT2D eigenvalue weighted by molar-refractivity contribution is -0.145. The van der Waals surface area contributed by atoms with E-state index in [1.165, 1.54) is 7.11 Å². The molecule has 0 bridgehead atoms. The molecule has 0 amide bonds. The number of hydrogen-bond donors (Lipinski definition) is 2. The minimum absolute atomic E-state index is 0.105. The molecule has 0 spiro atoms. The van der Waals surface area contributed by atoms with E-state index in [0.29, 0.717) is 6.54 Å². The highest BCUT2D eigenvalue weighted by Gasteiger charge is 2.34. The van der Waals surface area contributed by atoms with E-state index >= 15 is 0 Å². The van der Waals surface area contributed by atoms with Gasteiger partial charge >= 0.3 is 5.97 Å². The minimum atomic E-state index is -0.155. The molecule has 0 aromatic heterocycles. The zero-order chi connectivity index (χ0) is 11.5. The Morgan fingerprint density at radius 3 is 3.00 bits per heavy atom. The van der Waals surface area contributed by atoms with E-state index in [-0.39, 0.29) is 17.8 Å². The number of ether oxygens (including phenoxy) is 1. The van der Waals surface area contributed by atoms with Crippen molar-refractivity contribution < 1.29 is 9.53 Å². The molecule has 1 heterocycles. The molecule has 86 valence electrons. The highest BCUT2D eigenvalue weighted by molar-refractivity contribution is 5.74. The lowest BCUT2D eigenvalue weighted by atomic mass is 9.89. The van der Waals surface area contributed by atoms with Gasteiger partial charge in [-0.3, -0.25) is 4.79 Å². The molecule has 2 unspecified atom stereocenters. The summed E-state index contributed by atoms with van der Waals surface area (Å²) in [5, 5.41) is 3.21. The number of carbonyl (C=O) groups is 1. The smallest absolute Gasteiger partial charge is 0.310 e. The van der Waals surface area contributed by atoms with Crippen LogP contribution in [0.5, 0.6) is 0 Å². The van der Waals surface area contributed by atoms with E-state index in [1.807, 2.05) is 24.3 Å². The van der Waals surface area contributed by atoms with Crippen LogP contribution >= 0.6 is 0 Å². The van der Waals surface area contributed by atoms with Crippen molar-refractivity contribution in [2.75, 3.05) is 25.9 Å². The molecule has 4 heteroatoms. The second-order valence-electron chi connectivity index (χ2n) is 4.06. The number of nitrogen functional groups attached to an aromatic ring is 1. The Morgan fingerprint density at radius 2 is 2.31 bits per heavy atom. The highest BCUT2D eigenvalue weighted by Crippen LogP contribution is 2.29. The van der Waals surface area contributed by atoms with E-state index in [4.69, 9.17) is 10.5 Å². The number of nitrogens with one attached hydrogen (secondary N) is 1. The quantitative estimate of drug-likeness (QED) is 0.570. The van der Waals surface area contributed by atoms with Gasteiger partial charge in [0, 0.05) is 24.7 Å². The average molecular weight is 220 g/mol. The molecule has 3 N–H and O–H groups in total. The first-order valence-electron chi connectivity index (χ1n) is 5.36. The second kappa shape index (κ2) is 4.53. The lowest BCUT2D eigenvalue weighted by Gasteiger charge is -2.16. The normalized spacial score (nSPS) is 24.3. The molecular weight excluding hydrogens is 204 g/mol. The van der Waals surface area contributed by atoms with Crippen LogP contribution in [-0.4, -0.2) is 26.2 Å². The van der Waals surface area contributed by atoms with E-state index in [2.05, 4.69) is 5.32 Å². The maximum absolute atomic E-state index is 11.6. The zero-order valence-corrected chi connectivity index (χ0v) is 9.27. The summed E-state index contributed by atoms with van der Waals surface area (Å²) in [6.07, 6.45) is 0. The third-order valence-electron chi connectivity index (χ3n) is 3.06. The number of nitrogens with two attached hydrogens (primary N) is 1. The number of anilines is 1. The van der Waals surface area contributed by atoms with Gasteiger partial charge in [0.05, 0.1) is 13.0 Å². The standard InChI is InChI=1S/C12H16N2O2/c1-16-12(15)11-7-14-6-10(11)8-3-2-4-9(13)5-8/h2-5,10-11,14H,6-7,13H2,1H3. The summed E-state index contributed by atoms with van der Waals surface area (Å²) in [6, 6.07) is 7.69. The predicted octanol–water partition coefficient (Wildman–Crippen LogP) is 0.745. The van der Waals surface area contributed by atoms with Gasteiger partial charge in [0.1, 0.15) is 0 Å². The van der Waals surface area contributed by atoms with Crippen LogP contribution < -0.4 is 11.1 Å². The number of hydrogen-bond acceptors (Lipinski definition) is 4. The Kier molecular flexibility index (Phi) is 3.10. The molecule has 16 heavy (non-hydrogen) atoms. The third kappa shape index (κ3) is 2.02. The molecular formula is C12H16N2O2. The molecule has 0 saturated carbocycles. The number of methoxy groups -OCH3 is 1. The van der Waals surface area contributed by atoms with E-state index in [0.717, 1.165) is 17.8 Å². The molecule has 0 aliphatic carbocycles. The molecule has 1 fully saturated rings. The zero-order valence-electron chi connectivity index (χ0n) is 9.27. The largest absolute Gasteiger partial charge is 0.469 e. The summed E-state index contributed by atoms with van der Waals surface area (Å²) in [6.45, 7) is 1.47. The van der Waals surface area contributed by atoms with Crippen LogP contribution in [0.2, 0.25) is 0 Å². The second-order valence-corrected chi connectivity index (χ2v) is 4.06. The molecule has 1 aromatic rings. The van der Waals surface area contributed by atoms with Crippen molar-refractivity contribution in [3.63, 3.8) is 0 Å². The van der Waals surface area contributed by atoms with Crippen LogP contribution in [0.1, 0.15) is 11.5 Å². The van der Waals surface area contributed by atoms with Gasteiger partial charge in [0.15, 0.2) is 0 Å². The summed E-state index contributed by atoms with van der Waals surface area (Å²) in [7, 11) is 1.43. The fraction of sp³-hybridized carbons (Fsp3) is 0.417. The van der Waals surface area contributed by atoms with Gasteiger partial charge in [-0.2, -0.15) is 0 Å². The number of carbonyl (C=O) groups excluding carboxylic acids is 1. The Balaban J connectivity index is 2.23. The molecule has 1 aliphatic rings. The third-order valence-corrected chi connectivity index (χ3v) is 3.06. The number of benzene rings is 1. The Morgan fingerprint density at radius 1 is 1.50 bits per heavy atom. The average Bonchev–Trinajstić information content (AvgIpc) is 2.77. The van der Waals surface area contributed by atoms with Crippen LogP contribution in [-0.2, 0) is 9.53 Å². The summed E-state index contributed by atoms with van der Waals surface area (Å²) >= 11 is 0.